The van der Waals surface area contributed by atoms with Crippen LogP contribution in [0.3, 0.4) is 0 Å². The largest absolute Gasteiger partial charge is 0.327 e. The molecule has 1 aromatic rings. The lowest BCUT2D eigenvalue weighted by Gasteiger charge is -2.13. The first-order chi connectivity index (χ1) is 6.99. The van der Waals surface area contributed by atoms with E-state index in [1.54, 1.807) is 11.3 Å². The van der Waals surface area contributed by atoms with Crippen molar-refractivity contribution >= 4 is 17.1 Å². The highest BCUT2D eigenvalue weighted by atomic mass is 32.1. The smallest absolute Gasteiger partial charge is 0.140 e. The van der Waals surface area contributed by atoms with Gasteiger partial charge in [-0.3, -0.25) is 4.79 Å². The zero-order chi connectivity index (χ0) is 11.4. The molecule has 1 aromatic heterocycles. The fraction of sp³-hybridized carbons (Fsp3) is 0.636. The van der Waals surface area contributed by atoms with E-state index in [1.165, 1.54) is 0 Å². The predicted molar refractivity (Wildman–Crippen MR) is 63.0 cm³/mol. The molecule has 0 aliphatic heterocycles. The number of nitrogens with two attached hydrogens (primary N) is 1. The van der Waals surface area contributed by atoms with Crippen molar-refractivity contribution in [2.45, 2.75) is 39.7 Å². The topological polar surface area (TPSA) is 56.0 Å². The maximum Gasteiger partial charge on any atom is 0.140 e. The lowest BCUT2D eigenvalue weighted by Crippen LogP contribution is -2.29. The van der Waals surface area contributed by atoms with Gasteiger partial charge in [-0.1, -0.05) is 13.8 Å². The Morgan fingerprint density at radius 1 is 1.60 bits per heavy atom. The quantitative estimate of drug-likeness (QED) is 0.834. The van der Waals surface area contributed by atoms with Gasteiger partial charge in [-0.2, -0.15) is 0 Å². The molecule has 1 unspecified atom stereocenters. The minimum absolute atomic E-state index is 0.0303. The van der Waals surface area contributed by atoms with Crippen LogP contribution in [0.5, 0.6) is 0 Å². The number of thiazole rings is 1. The lowest BCUT2D eigenvalue weighted by molar-refractivity contribution is -0.119. The Hall–Kier alpha value is -0.740. The molecule has 0 amide bonds. The van der Waals surface area contributed by atoms with Crippen LogP contribution in [0.15, 0.2) is 5.38 Å². The Bertz CT molecular complexity index is 333. The summed E-state index contributed by atoms with van der Waals surface area (Å²) in [6, 6.07) is -0.0303. The van der Waals surface area contributed by atoms with Crippen LogP contribution in [0.2, 0.25) is 0 Å². The number of carbonyl (C=O) groups excluding carboxylic acids is 1. The van der Waals surface area contributed by atoms with Gasteiger partial charge in [-0.05, 0) is 12.8 Å². The third-order valence-corrected chi connectivity index (χ3v) is 3.19. The molecule has 0 aromatic carbocycles. The fourth-order valence-corrected chi connectivity index (χ4v) is 1.87. The normalized spacial score (nSPS) is 13.1. The van der Waals surface area contributed by atoms with Gasteiger partial charge < -0.3 is 5.73 Å². The van der Waals surface area contributed by atoms with Crippen molar-refractivity contribution in [2.75, 3.05) is 0 Å². The molecule has 1 heterocycles. The molecule has 1 rings (SSSR count). The molecule has 2 N–H and O–H groups in total. The van der Waals surface area contributed by atoms with Crippen LogP contribution in [0.4, 0.5) is 0 Å². The van der Waals surface area contributed by atoms with Crippen molar-refractivity contribution < 1.29 is 4.79 Å². The van der Waals surface area contributed by atoms with E-state index in [9.17, 15) is 4.79 Å². The molecular formula is C11H18N2OS. The summed E-state index contributed by atoms with van der Waals surface area (Å²) < 4.78 is 0. The number of hydrogen-bond donors (Lipinski definition) is 1. The molecule has 15 heavy (non-hydrogen) atoms. The molecule has 0 saturated heterocycles. The number of nitrogens with zero attached hydrogens (tertiary/aromatic N) is 1. The van der Waals surface area contributed by atoms with Gasteiger partial charge in [0.1, 0.15) is 5.78 Å². The van der Waals surface area contributed by atoms with Crippen LogP contribution in [-0.4, -0.2) is 16.8 Å². The summed E-state index contributed by atoms with van der Waals surface area (Å²) in [6.07, 6.45) is 0.874. The second-order valence-electron chi connectivity index (χ2n) is 4.19. The van der Waals surface area contributed by atoms with Gasteiger partial charge in [-0.15, -0.1) is 11.3 Å². The maximum atomic E-state index is 11.6. The van der Waals surface area contributed by atoms with Crippen molar-refractivity contribution in [3.8, 4) is 0 Å². The van der Waals surface area contributed by atoms with Crippen LogP contribution in [0, 0.1) is 12.8 Å². The number of ketones is 1. The van der Waals surface area contributed by atoms with Crippen LogP contribution >= 0.6 is 11.3 Å². The molecule has 0 spiro atoms. The summed E-state index contributed by atoms with van der Waals surface area (Å²) in [5.74, 6) is 0.535. The molecule has 4 heteroatoms. The molecule has 0 aliphatic carbocycles. The van der Waals surface area contributed by atoms with Gasteiger partial charge in [0.2, 0.25) is 0 Å². The fourth-order valence-electron chi connectivity index (χ4n) is 1.26. The van der Waals surface area contributed by atoms with Gasteiger partial charge >= 0.3 is 0 Å². The Kier molecular flexibility index (Phi) is 4.42. The Balaban J connectivity index is 2.43. The van der Waals surface area contributed by atoms with Crippen molar-refractivity contribution in [3.05, 3.63) is 16.1 Å². The van der Waals surface area contributed by atoms with E-state index >= 15 is 0 Å². The summed E-state index contributed by atoms with van der Waals surface area (Å²) in [4.78, 5) is 15.9. The number of aryl methyl sites for hydroxylation is 1. The van der Waals surface area contributed by atoms with Crippen molar-refractivity contribution in [1.29, 1.82) is 0 Å². The van der Waals surface area contributed by atoms with E-state index in [0.717, 1.165) is 10.7 Å². The zero-order valence-corrected chi connectivity index (χ0v) is 10.3. The minimum atomic E-state index is -0.0303. The van der Waals surface area contributed by atoms with Gasteiger partial charge in [0, 0.05) is 24.3 Å². The first-order valence-corrected chi connectivity index (χ1v) is 6.05. The molecule has 3 nitrogen and oxygen atoms in total. The second kappa shape index (κ2) is 5.37. The minimum Gasteiger partial charge on any atom is -0.327 e. The van der Waals surface area contributed by atoms with Crippen LogP contribution < -0.4 is 5.73 Å². The van der Waals surface area contributed by atoms with Crippen LogP contribution in [0.1, 0.15) is 31.0 Å². The number of carbonyl (C=O) groups is 1. The van der Waals surface area contributed by atoms with Crippen molar-refractivity contribution in [2.24, 2.45) is 11.7 Å². The first-order valence-electron chi connectivity index (χ1n) is 5.17. The summed E-state index contributed by atoms with van der Waals surface area (Å²) in [5, 5.41) is 2.94. The Labute approximate surface area is 94.7 Å². The molecule has 0 saturated carbocycles. The molecule has 0 fully saturated rings. The van der Waals surface area contributed by atoms with Gasteiger partial charge in [0.15, 0.2) is 0 Å². The molecule has 0 radical (unpaired) electrons. The highest BCUT2D eigenvalue weighted by molar-refractivity contribution is 7.09. The van der Waals surface area contributed by atoms with E-state index in [4.69, 9.17) is 5.73 Å². The summed E-state index contributed by atoms with van der Waals surface area (Å²) in [5.41, 5.74) is 6.71. The average Bonchev–Trinajstić information content (AvgIpc) is 2.50. The zero-order valence-electron chi connectivity index (χ0n) is 9.49. The van der Waals surface area contributed by atoms with E-state index in [0.29, 0.717) is 18.8 Å². The van der Waals surface area contributed by atoms with Gasteiger partial charge in [-0.25, -0.2) is 4.98 Å². The summed E-state index contributed by atoms with van der Waals surface area (Å²) in [6.45, 7) is 6.01. The second-order valence-corrected chi connectivity index (χ2v) is 5.25. The Morgan fingerprint density at radius 2 is 2.27 bits per heavy atom. The van der Waals surface area contributed by atoms with Crippen LogP contribution in [0.25, 0.3) is 0 Å². The number of aromatic nitrogens is 1. The number of Topliss-reactive ketones (excluding diaryl/α,β-unsaturated/α-hetero) is 1. The standard InChI is InChI=1S/C11H18N2OS/c1-7(2)11(12)5-10(14)4-9-6-15-8(3)13-9/h6-7,11H,4-5,12H2,1-3H3. The highest BCUT2D eigenvalue weighted by Gasteiger charge is 2.14. The molecule has 1 atom stereocenters. The van der Waals surface area contributed by atoms with E-state index in [-0.39, 0.29) is 11.8 Å². The maximum absolute atomic E-state index is 11.6. The molecule has 84 valence electrons. The van der Waals surface area contributed by atoms with Crippen molar-refractivity contribution in [1.82, 2.24) is 4.98 Å². The molecule has 0 aliphatic rings. The highest BCUT2D eigenvalue weighted by Crippen LogP contribution is 2.11. The van der Waals surface area contributed by atoms with Gasteiger partial charge in [0.05, 0.1) is 10.7 Å². The summed E-state index contributed by atoms with van der Waals surface area (Å²) >= 11 is 1.58. The monoisotopic (exact) mass is 226 g/mol. The number of rotatable bonds is 5. The molecular weight excluding hydrogens is 208 g/mol. The van der Waals surface area contributed by atoms with E-state index < -0.39 is 0 Å². The first kappa shape index (κ1) is 12.3. The van der Waals surface area contributed by atoms with Crippen LogP contribution in [-0.2, 0) is 11.2 Å². The lowest BCUT2D eigenvalue weighted by atomic mass is 9.98. The van der Waals surface area contributed by atoms with Gasteiger partial charge in [0.25, 0.3) is 0 Å². The summed E-state index contributed by atoms with van der Waals surface area (Å²) in [7, 11) is 0. The average molecular weight is 226 g/mol. The third-order valence-electron chi connectivity index (χ3n) is 2.36. The third kappa shape index (κ3) is 4.10. The van der Waals surface area contributed by atoms with Crippen molar-refractivity contribution in [3.63, 3.8) is 0 Å². The van der Waals surface area contributed by atoms with E-state index in [1.807, 2.05) is 26.2 Å². The Morgan fingerprint density at radius 3 is 2.73 bits per heavy atom. The number of hydrogen-bond acceptors (Lipinski definition) is 4. The SMILES string of the molecule is Cc1nc(CC(=O)CC(N)C(C)C)cs1. The predicted octanol–water partition coefficient (Wildman–Crippen LogP) is 1.94. The van der Waals surface area contributed by atoms with E-state index in [2.05, 4.69) is 4.98 Å². The molecule has 0 bridgehead atoms.